The average Bonchev–Trinajstić information content (AvgIpc) is 3.56. The molecule has 6 rings (SSSR count). The third-order valence-corrected chi connectivity index (χ3v) is 9.83. The number of anilines is 1. The van der Waals surface area contributed by atoms with E-state index in [9.17, 15) is 14.7 Å². The highest BCUT2D eigenvalue weighted by molar-refractivity contribution is 14.1. The fourth-order valence-electron chi connectivity index (χ4n) is 7.12. The quantitative estimate of drug-likeness (QED) is 0.108. The van der Waals surface area contributed by atoms with Crippen LogP contribution in [0.4, 0.5) is 5.69 Å². The summed E-state index contributed by atoms with van der Waals surface area (Å²) in [5.74, 6) is -0.346. The van der Waals surface area contributed by atoms with Gasteiger partial charge in [-0.2, -0.15) is 0 Å². The number of ether oxygens (including phenoxy) is 2. The molecule has 2 heterocycles. The largest absolute Gasteiger partial charge is 0.504 e. The second kappa shape index (κ2) is 12.7. The number of nitrogens with zero attached hydrogens (tertiary/aromatic N) is 1. The minimum absolute atomic E-state index is 0.0671. The van der Waals surface area contributed by atoms with E-state index in [1.165, 1.54) is 16.0 Å². The molecule has 1 N–H and O–H groups in total. The molecule has 2 aliphatic heterocycles. The molecule has 43 heavy (non-hydrogen) atoms. The van der Waals surface area contributed by atoms with Crippen molar-refractivity contribution in [3.8, 4) is 11.5 Å². The van der Waals surface area contributed by atoms with Crippen LogP contribution in [0, 0.1) is 21.3 Å². The maximum absolute atomic E-state index is 13.8. The van der Waals surface area contributed by atoms with E-state index in [2.05, 4.69) is 47.7 Å². The number of imide groups is 1. The van der Waals surface area contributed by atoms with E-state index in [4.69, 9.17) is 9.47 Å². The lowest BCUT2D eigenvalue weighted by atomic mass is 9.68. The van der Waals surface area contributed by atoms with Gasteiger partial charge in [0.1, 0.15) is 0 Å². The summed E-state index contributed by atoms with van der Waals surface area (Å²) in [6.07, 6.45) is 6.12. The van der Waals surface area contributed by atoms with E-state index < -0.39 is 0 Å². The molecule has 4 atom stereocenters. The smallest absolute Gasteiger partial charge is 0.238 e. The predicted molar refractivity (Wildman–Crippen MR) is 177 cm³/mol. The van der Waals surface area contributed by atoms with Crippen molar-refractivity contribution in [1.29, 1.82) is 0 Å². The first-order valence-electron chi connectivity index (χ1n) is 15.0. The normalized spacial score (nSPS) is 23.5. The van der Waals surface area contributed by atoms with Crippen LogP contribution in [0.15, 0.2) is 83.9 Å². The lowest BCUT2D eigenvalue weighted by Gasteiger charge is -2.32. The van der Waals surface area contributed by atoms with E-state index in [0.29, 0.717) is 24.5 Å². The number of fused-ring (bicyclic) bond motifs is 3. The summed E-state index contributed by atoms with van der Waals surface area (Å²) >= 11 is 2.12. The van der Waals surface area contributed by atoms with Crippen LogP contribution in [0.2, 0.25) is 0 Å². The number of hydrogen-bond acceptors (Lipinski definition) is 5. The molecule has 3 aromatic rings. The van der Waals surface area contributed by atoms with Crippen molar-refractivity contribution in [2.45, 2.75) is 45.1 Å². The van der Waals surface area contributed by atoms with Crippen LogP contribution < -0.4 is 9.64 Å². The van der Waals surface area contributed by atoms with Gasteiger partial charge in [-0.1, -0.05) is 73.5 Å². The Kier molecular flexibility index (Phi) is 8.73. The van der Waals surface area contributed by atoms with Crippen molar-refractivity contribution in [3.63, 3.8) is 0 Å². The third-order valence-electron chi connectivity index (χ3n) is 9.01. The number of para-hydroxylation sites is 1. The molecule has 3 aromatic carbocycles. The number of aromatic hydroxyl groups is 1. The second-order valence-corrected chi connectivity index (χ2v) is 12.7. The number of methoxy groups -OCH3 is 1. The Morgan fingerprint density at radius 3 is 2.47 bits per heavy atom. The van der Waals surface area contributed by atoms with E-state index in [0.717, 1.165) is 46.0 Å². The molecule has 7 heteroatoms. The zero-order chi connectivity index (χ0) is 30.1. The second-order valence-electron chi connectivity index (χ2n) is 11.5. The summed E-state index contributed by atoms with van der Waals surface area (Å²) in [4.78, 5) is 28.8. The van der Waals surface area contributed by atoms with Gasteiger partial charge in [0.05, 0.1) is 40.9 Å². The standard InChI is InChI=1S/C36H36INO5/c1-3-10-25-20-27-33(36(41)38(35(27)40)26-13-8-5-9-14-26)28-21-43-30(32(25)28)16-15-24(23-11-6-4-7-12-23)17-22-18-29(37)34(39)31(19-22)42-2/h4-9,11-14,17-19,27-28,30,33,39H,3,10,15-16,20-21H2,1-2H3/b24-17-/t27-,28+,30-,33-/m1/s1. The summed E-state index contributed by atoms with van der Waals surface area (Å²) in [5, 5.41) is 10.4. The first-order chi connectivity index (χ1) is 20.9. The Hall–Kier alpha value is -3.43. The number of carbonyl (C=O) groups excluding carboxylic acids is 2. The van der Waals surface area contributed by atoms with Crippen LogP contribution in [-0.4, -0.2) is 36.7 Å². The van der Waals surface area contributed by atoms with Crippen molar-refractivity contribution in [1.82, 2.24) is 0 Å². The Labute approximate surface area is 266 Å². The molecule has 0 spiro atoms. The van der Waals surface area contributed by atoms with Crippen molar-refractivity contribution in [2.75, 3.05) is 18.6 Å². The topological polar surface area (TPSA) is 76.1 Å². The summed E-state index contributed by atoms with van der Waals surface area (Å²) in [6, 6.07) is 23.4. The maximum atomic E-state index is 13.8. The molecular formula is C36H36INO5. The lowest BCUT2D eigenvalue weighted by Crippen LogP contribution is -2.34. The van der Waals surface area contributed by atoms with Crippen LogP contribution in [0.3, 0.4) is 0 Å². The number of allylic oxidation sites excluding steroid dienone is 2. The van der Waals surface area contributed by atoms with Gasteiger partial charge in [-0.25, -0.2) is 0 Å². The van der Waals surface area contributed by atoms with E-state index in [1.54, 1.807) is 7.11 Å². The van der Waals surface area contributed by atoms with Gasteiger partial charge in [0.25, 0.3) is 0 Å². The molecule has 0 saturated carbocycles. The van der Waals surface area contributed by atoms with Crippen molar-refractivity contribution in [3.05, 3.63) is 98.6 Å². The molecule has 2 saturated heterocycles. The molecule has 0 unspecified atom stereocenters. The minimum Gasteiger partial charge on any atom is -0.504 e. The zero-order valence-corrected chi connectivity index (χ0v) is 26.6. The fourth-order valence-corrected chi connectivity index (χ4v) is 7.74. The van der Waals surface area contributed by atoms with Crippen molar-refractivity contribution in [2.24, 2.45) is 17.8 Å². The van der Waals surface area contributed by atoms with Gasteiger partial charge in [0.15, 0.2) is 11.5 Å². The fraction of sp³-hybridized carbons (Fsp3) is 0.333. The van der Waals surface area contributed by atoms with Gasteiger partial charge in [0.2, 0.25) is 11.8 Å². The van der Waals surface area contributed by atoms with Gasteiger partial charge in [-0.3, -0.25) is 14.5 Å². The average molecular weight is 690 g/mol. The lowest BCUT2D eigenvalue weighted by molar-refractivity contribution is -0.122. The van der Waals surface area contributed by atoms with Crippen molar-refractivity contribution >= 4 is 51.7 Å². The first kappa shape index (κ1) is 29.6. The molecule has 6 nitrogen and oxygen atoms in total. The van der Waals surface area contributed by atoms with Crippen LogP contribution >= 0.6 is 22.6 Å². The van der Waals surface area contributed by atoms with Crippen molar-refractivity contribution < 1.29 is 24.2 Å². The Balaban J connectivity index is 1.29. The number of carbonyl (C=O) groups is 2. The number of amides is 2. The maximum Gasteiger partial charge on any atom is 0.238 e. The molecule has 0 radical (unpaired) electrons. The van der Waals surface area contributed by atoms with Crippen LogP contribution in [0.1, 0.15) is 50.2 Å². The van der Waals surface area contributed by atoms with Gasteiger partial charge in [-0.15, -0.1) is 0 Å². The predicted octanol–water partition coefficient (Wildman–Crippen LogP) is 7.65. The molecule has 0 aromatic heterocycles. The summed E-state index contributed by atoms with van der Waals surface area (Å²) in [5.41, 5.74) is 6.44. The summed E-state index contributed by atoms with van der Waals surface area (Å²) < 4.78 is 12.6. The summed E-state index contributed by atoms with van der Waals surface area (Å²) in [7, 11) is 1.56. The van der Waals surface area contributed by atoms with Crippen LogP contribution in [0.25, 0.3) is 11.6 Å². The molecule has 3 aliphatic rings. The number of benzene rings is 3. The van der Waals surface area contributed by atoms with Gasteiger partial charge < -0.3 is 14.6 Å². The minimum atomic E-state index is -0.371. The SMILES string of the molecule is CCCC1=C2[C@@H](CC/C(=C/c3cc(I)c(O)c(OC)c3)c3ccccc3)OC[C@@H]2[C@@H]2C(=O)N(c3ccccc3)C(=O)[C@@H]2C1. The molecule has 222 valence electrons. The molecule has 2 fully saturated rings. The summed E-state index contributed by atoms with van der Waals surface area (Å²) in [6.45, 7) is 2.63. The number of phenols is 1. The Bertz CT molecular complexity index is 1580. The van der Waals surface area contributed by atoms with E-state index in [1.807, 2.05) is 60.7 Å². The highest BCUT2D eigenvalue weighted by atomic mass is 127. The highest BCUT2D eigenvalue weighted by Crippen LogP contribution is 2.51. The number of phenolic OH excluding ortho intramolecular Hbond substituents is 1. The van der Waals surface area contributed by atoms with E-state index in [-0.39, 0.29) is 41.4 Å². The molecular weight excluding hydrogens is 653 g/mol. The Morgan fingerprint density at radius 2 is 1.77 bits per heavy atom. The number of halogens is 1. The van der Waals surface area contributed by atoms with Gasteiger partial charge in [-0.05, 0) is 94.8 Å². The number of rotatable bonds is 9. The molecule has 1 aliphatic carbocycles. The van der Waals surface area contributed by atoms with Crippen LogP contribution in [-0.2, 0) is 14.3 Å². The van der Waals surface area contributed by atoms with E-state index >= 15 is 0 Å². The van der Waals surface area contributed by atoms with Gasteiger partial charge >= 0.3 is 0 Å². The van der Waals surface area contributed by atoms with Gasteiger partial charge in [0, 0.05) is 5.92 Å². The van der Waals surface area contributed by atoms with Crippen LogP contribution in [0.5, 0.6) is 11.5 Å². The highest BCUT2D eigenvalue weighted by Gasteiger charge is 2.57. The zero-order valence-electron chi connectivity index (χ0n) is 24.5. The first-order valence-corrected chi connectivity index (χ1v) is 16.1. The Morgan fingerprint density at radius 1 is 1.05 bits per heavy atom. The molecule has 2 amide bonds. The third kappa shape index (κ3) is 5.65. The molecule has 0 bridgehead atoms. The number of hydrogen-bond donors (Lipinski definition) is 1. The monoisotopic (exact) mass is 689 g/mol.